The highest BCUT2D eigenvalue weighted by atomic mass is 16.1. The lowest BCUT2D eigenvalue weighted by molar-refractivity contribution is -0.117. The van der Waals surface area contributed by atoms with Crippen molar-refractivity contribution in [2.24, 2.45) is 0 Å². The molecule has 0 radical (unpaired) electrons. The van der Waals surface area contributed by atoms with Crippen LogP contribution < -0.4 is 0 Å². The van der Waals surface area contributed by atoms with Crippen LogP contribution in [-0.2, 0) is 4.79 Å². The Morgan fingerprint density at radius 2 is 2.05 bits per heavy atom. The van der Waals surface area contributed by atoms with E-state index in [2.05, 4.69) is 30.0 Å². The van der Waals surface area contributed by atoms with Gasteiger partial charge in [0.1, 0.15) is 5.78 Å². The highest BCUT2D eigenvalue weighted by Crippen LogP contribution is 2.28. The smallest absolute Gasteiger partial charge is 0.141 e. The van der Waals surface area contributed by atoms with Crippen molar-refractivity contribution in [2.75, 3.05) is 19.6 Å². The van der Waals surface area contributed by atoms with Gasteiger partial charge in [-0.15, -0.1) is 0 Å². The summed E-state index contributed by atoms with van der Waals surface area (Å²) in [6.07, 6.45) is 4.50. The van der Waals surface area contributed by atoms with E-state index in [0.717, 1.165) is 31.6 Å². The number of carbonyl (C=O) groups excluding carboxylic acids is 1. The number of ketones is 1. The third-order valence-corrected chi connectivity index (χ3v) is 3.71. The summed E-state index contributed by atoms with van der Waals surface area (Å²) in [6, 6.07) is 10.1. The van der Waals surface area contributed by atoms with Crippen LogP contribution in [0.2, 0.25) is 0 Å². The summed E-state index contributed by atoms with van der Waals surface area (Å²) in [4.78, 5) is 14.5. The second-order valence-electron chi connectivity index (χ2n) is 5.30. The standard InChI is InChI=1S/C17H23NO/c1-3-11-18-12-7-10-16(13-18)17(14(2)19)15-8-5-4-6-9-15/h4-6,8-10,17H,3,7,11-13H2,1-2H3. The molecule has 1 unspecified atom stereocenters. The van der Waals surface area contributed by atoms with Crippen molar-refractivity contribution in [3.8, 4) is 0 Å². The third kappa shape index (κ3) is 3.54. The Balaban J connectivity index is 2.21. The van der Waals surface area contributed by atoms with Crippen LogP contribution in [0.5, 0.6) is 0 Å². The molecule has 0 saturated carbocycles. The van der Waals surface area contributed by atoms with E-state index in [4.69, 9.17) is 0 Å². The molecule has 1 aromatic rings. The molecule has 0 bridgehead atoms. The molecule has 1 heterocycles. The SMILES string of the molecule is CCCN1CCC=C(C(C(C)=O)c2ccccc2)C1. The summed E-state index contributed by atoms with van der Waals surface area (Å²) in [5.41, 5.74) is 2.40. The summed E-state index contributed by atoms with van der Waals surface area (Å²) < 4.78 is 0. The van der Waals surface area contributed by atoms with Crippen LogP contribution in [0.15, 0.2) is 42.0 Å². The van der Waals surface area contributed by atoms with Gasteiger partial charge in [0.2, 0.25) is 0 Å². The maximum Gasteiger partial charge on any atom is 0.141 e. The van der Waals surface area contributed by atoms with Crippen LogP contribution in [-0.4, -0.2) is 30.3 Å². The highest BCUT2D eigenvalue weighted by molar-refractivity contribution is 5.86. The summed E-state index contributed by atoms with van der Waals surface area (Å²) in [5, 5.41) is 0. The number of nitrogens with zero attached hydrogens (tertiary/aromatic N) is 1. The molecule has 19 heavy (non-hydrogen) atoms. The summed E-state index contributed by atoms with van der Waals surface area (Å²) in [7, 11) is 0. The van der Waals surface area contributed by atoms with Crippen LogP contribution >= 0.6 is 0 Å². The van der Waals surface area contributed by atoms with Gasteiger partial charge in [-0.2, -0.15) is 0 Å². The van der Waals surface area contributed by atoms with Crippen LogP contribution in [0, 0.1) is 0 Å². The molecule has 0 saturated heterocycles. The minimum Gasteiger partial charge on any atom is -0.299 e. The van der Waals surface area contributed by atoms with Crippen molar-refractivity contribution in [3.05, 3.63) is 47.5 Å². The van der Waals surface area contributed by atoms with E-state index < -0.39 is 0 Å². The van der Waals surface area contributed by atoms with E-state index in [1.54, 1.807) is 6.92 Å². The van der Waals surface area contributed by atoms with E-state index in [0.29, 0.717) is 0 Å². The first kappa shape index (κ1) is 14.0. The molecule has 1 aromatic carbocycles. The second kappa shape index (κ2) is 6.67. The fourth-order valence-corrected chi connectivity index (χ4v) is 2.91. The molecule has 2 nitrogen and oxygen atoms in total. The molecule has 2 rings (SSSR count). The second-order valence-corrected chi connectivity index (χ2v) is 5.30. The van der Waals surface area contributed by atoms with Crippen LogP contribution in [0.1, 0.15) is 38.2 Å². The molecule has 0 amide bonds. The van der Waals surface area contributed by atoms with Crippen molar-refractivity contribution < 1.29 is 4.79 Å². The highest BCUT2D eigenvalue weighted by Gasteiger charge is 2.24. The molecule has 2 heteroatoms. The monoisotopic (exact) mass is 257 g/mol. The summed E-state index contributed by atoms with van der Waals surface area (Å²) in [5.74, 6) is 0.191. The van der Waals surface area contributed by atoms with Gasteiger partial charge in [-0.05, 0) is 37.4 Å². The minimum atomic E-state index is -0.0548. The molecule has 1 aliphatic rings. The molecule has 1 atom stereocenters. The zero-order chi connectivity index (χ0) is 13.7. The van der Waals surface area contributed by atoms with Crippen molar-refractivity contribution in [1.29, 1.82) is 0 Å². The van der Waals surface area contributed by atoms with Crippen LogP contribution in [0.4, 0.5) is 0 Å². The Hall–Kier alpha value is -1.41. The Bertz CT molecular complexity index is 450. The van der Waals surface area contributed by atoms with Gasteiger partial charge in [-0.25, -0.2) is 0 Å². The Morgan fingerprint density at radius 1 is 1.32 bits per heavy atom. The van der Waals surface area contributed by atoms with E-state index in [9.17, 15) is 4.79 Å². The average molecular weight is 257 g/mol. The maximum atomic E-state index is 12.0. The fourth-order valence-electron chi connectivity index (χ4n) is 2.91. The molecule has 0 spiro atoms. The quantitative estimate of drug-likeness (QED) is 0.753. The molecular formula is C17H23NO. The van der Waals surface area contributed by atoms with Gasteiger partial charge >= 0.3 is 0 Å². The molecule has 0 fully saturated rings. The zero-order valence-corrected chi connectivity index (χ0v) is 11.9. The molecule has 1 aliphatic heterocycles. The van der Waals surface area contributed by atoms with E-state index in [1.165, 1.54) is 12.0 Å². The lowest BCUT2D eigenvalue weighted by atomic mass is 9.86. The fraction of sp³-hybridized carbons (Fsp3) is 0.471. The van der Waals surface area contributed by atoms with Gasteiger partial charge in [0.15, 0.2) is 0 Å². The average Bonchev–Trinajstić information content (AvgIpc) is 2.40. The topological polar surface area (TPSA) is 20.3 Å². The number of Topliss-reactive ketones (excluding diaryl/α,β-unsaturated/α-hetero) is 1. The maximum absolute atomic E-state index is 12.0. The Morgan fingerprint density at radius 3 is 2.68 bits per heavy atom. The Kier molecular flexibility index (Phi) is 4.92. The molecular weight excluding hydrogens is 234 g/mol. The zero-order valence-electron chi connectivity index (χ0n) is 11.9. The predicted octanol–water partition coefficient (Wildman–Crippen LogP) is 3.40. The van der Waals surface area contributed by atoms with Gasteiger partial charge in [-0.1, -0.05) is 43.3 Å². The van der Waals surface area contributed by atoms with Crippen LogP contribution in [0.3, 0.4) is 0 Å². The van der Waals surface area contributed by atoms with E-state index in [1.807, 2.05) is 18.2 Å². The number of hydrogen-bond donors (Lipinski definition) is 0. The lowest BCUT2D eigenvalue weighted by Crippen LogP contribution is -2.33. The molecule has 0 aliphatic carbocycles. The number of rotatable bonds is 5. The van der Waals surface area contributed by atoms with E-state index >= 15 is 0 Å². The van der Waals surface area contributed by atoms with Crippen molar-refractivity contribution in [1.82, 2.24) is 4.90 Å². The van der Waals surface area contributed by atoms with Gasteiger partial charge in [0, 0.05) is 13.1 Å². The van der Waals surface area contributed by atoms with E-state index in [-0.39, 0.29) is 11.7 Å². The van der Waals surface area contributed by atoms with Crippen molar-refractivity contribution in [2.45, 2.75) is 32.6 Å². The molecule has 0 N–H and O–H groups in total. The number of hydrogen-bond acceptors (Lipinski definition) is 2. The molecule has 102 valence electrons. The van der Waals surface area contributed by atoms with Gasteiger partial charge in [-0.3, -0.25) is 9.69 Å². The first-order valence-corrected chi connectivity index (χ1v) is 7.19. The lowest BCUT2D eigenvalue weighted by Gasteiger charge is -2.30. The van der Waals surface area contributed by atoms with Gasteiger partial charge in [0.25, 0.3) is 0 Å². The number of benzene rings is 1. The third-order valence-electron chi connectivity index (χ3n) is 3.71. The molecule has 0 aromatic heterocycles. The number of carbonyl (C=O) groups is 1. The van der Waals surface area contributed by atoms with Crippen molar-refractivity contribution >= 4 is 5.78 Å². The summed E-state index contributed by atoms with van der Waals surface area (Å²) in [6.45, 7) is 7.09. The minimum absolute atomic E-state index is 0.0548. The largest absolute Gasteiger partial charge is 0.299 e. The predicted molar refractivity (Wildman–Crippen MR) is 79.3 cm³/mol. The van der Waals surface area contributed by atoms with Crippen molar-refractivity contribution in [3.63, 3.8) is 0 Å². The normalized spacial score (nSPS) is 17.9. The van der Waals surface area contributed by atoms with Crippen LogP contribution in [0.25, 0.3) is 0 Å². The first-order chi connectivity index (χ1) is 9.22. The van der Waals surface area contributed by atoms with Gasteiger partial charge in [0.05, 0.1) is 5.92 Å². The van der Waals surface area contributed by atoms with Gasteiger partial charge < -0.3 is 0 Å². The Labute approximate surface area is 116 Å². The summed E-state index contributed by atoms with van der Waals surface area (Å²) >= 11 is 0. The first-order valence-electron chi connectivity index (χ1n) is 7.19.